The van der Waals surface area contributed by atoms with Crippen molar-refractivity contribution in [1.82, 2.24) is 16.0 Å². The lowest BCUT2D eigenvalue weighted by Crippen LogP contribution is -2.56. The number of hydrogen-bond acceptors (Lipinski definition) is 5. The molecule has 0 radical (unpaired) electrons. The molecule has 0 saturated carbocycles. The molecule has 0 aliphatic carbocycles. The highest BCUT2D eigenvalue weighted by Crippen LogP contribution is 2.34. The van der Waals surface area contributed by atoms with Gasteiger partial charge in [-0.15, -0.1) is 11.8 Å². The highest BCUT2D eigenvalue weighted by atomic mass is 32.2. The molecule has 0 bridgehead atoms. The smallest absolute Gasteiger partial charge is 0.352 e. The summed E-state index contributed by atoms with van der Waals surface area (Å²) in [5.74, 6) is -1.35. The second-order valence-corrected chi connectivity index (χ2v) is 8.48. The molecule has 1 aliphatic heterocycles. The van der Waals surface area contributed by atoms with Crippen LogP contribution in [0.4, 0.5) is 18.9 Å². The molecule has 3 rings (SSSR count). The zero-order chi connectivity index (χ0) is 23.8. The third-order valence-corrected chi connectivity index (χ3v) is 5.78. The minimum absolute atomic E-state index is 0.0719. The van der Waals surface area contributed by atoms with E-state index in [1.807, 2.05) is 30.3 Å². The van der Waals surface area contributed by atoms with E-state index >= 15 is 0 Å². The number of carbonyl (C=O) groups is 3. The predicted molar refractivity (Wildman–Crippen MR) is 119 cm³/mol. The van der Waals surface area contributed by atoms with Gasteiger partial charge in [-0.3, -0.25) is 19.7 Å². The molecule has 2 unspecified atom stereocenters. The van der Waals surface area contributed by atoms with E-state index in [-0.39, 0.29) is 36.1 Å². The molecule has 1 fully saturated rings. The van der Waals surface area contributed by atoms with Crippen molar-refractivity contribution in [3.8, 4) is 0 Å². The van der Waals surface area contributed by atoms with Gasteiger partial charge in [0.15, 0.2) is 0 Å². The average molecular weight is 481 g/mol. The van der Waals surface area contributed by atoms with Crippen molar-refractivity contribution in [1.29, 1.82) is 0 Å². The molecule has 2 aromatic carbocycles. The first-order valence-electron chi connectivity index (χ1n) is 10.1. The molecule has 0 spiro atoms. The van der Waals surface area contributed by atoms with E-state index in [2.05, 4.69) is 21.3 Å². The molecular weight excluding hydrogens is 457 g/mol. The first kappa shape index (κ1) is 24.6. The van der Waals surface area contributed by atoms with Gasteiger partial charge < -0.3 is 16.0 Å². The summed E-state index contributed by atoms with van der Waals surface area (Å²) in [5, 5.41) is 10.8. The third-order valence-electron chi connectivity index (χ3n) is 4.76. The number of amides is 3. The van der Waals surface area contributed by atoms with Crippen molar-refractivity contribution < 1.29 is 27.6 Å². The van der Waals surface area contributed by atoms with Crippen LogP contribution in [-0.4, -0.2) is 35.0 Å². The Morgan fingerprint density at radius 1 is 1.03 bits per heavy atom. The van der Waals surface area contributed by atoms with E-state index in [0.29, 0.717) is 6.54 Å². The molecular formula is C22H23F3N4O3S. The largest absolute Gasteiger partial charge is 0.418 e. The molecule has 4 N–H and O–H groups in total. The maximum atomic E-state index is 13.1. The Labute approximate surface area is 192 Å². The summed E-state index contributed by atoms with van der Waals surface area (Å²) in [6.45, 7) is 0.371. The van der Waals surface area contributed by atoms with Crippen LogP contribution in [0.5, 0.6) is 0 Å². The molecule has 0 aromatic heterocycles. The Morgan fingerprint density at radius 2 is 1.73 bits per heavy atom. The van der Waals surface area contributed by atoms with Crippen LogP contribution in [0, 0.1) is 0 Å². The van der Waals surface area contributed by atoms with Crippen LogP contribution < -0.4 is 21.3 Å². The van der Waals surface area contributed by atoms with Crippen LogP contribution >= 0.6 is 11.8 Å². The summed E-state index contributed by atoms with van der Waals surface area (Å²) in [5.41, 5.74) is -0.966. The fraction of sp³-hybridized carbons (Fsp3) is 0.318. The van der Waals surface area contributed by atoms with Crippen LogP contribution in [0.15, 0.2) is 54.6 Å². The maximum Gasteiger partial charge on any atom is 0.418 e. The first-order chi connectivity index (χ1) is 15.7. The predicted octanol–water partition coefficient (Wildman–Crippen LogP) is 2.85. The number of carbonyl (C=O) groups excluding carboxylic acids is 3. The molecule has 2 aromatic rings. The number of para-hydroxylation sites is 1. The Morgan fingerprint density at radius 3 is 2.45 bits per heavy atom. The van der Waals surface area contributed by atoms with Crippen LogP contribution in [0.2, 0.25) is 0 Å². The molecule has 1 aliphatic rings. The van der Waals surface area contributed by atoms with Crippen LogP contribution in [0.3, 0.4) is 0 Å². The van der Waals surface area contributed by atoms with E-state index in [1.165, 1.54) is 18.2 Å². The van der Waals surface area contributed by atoms with Crippen molar-refractivity contribution in [3.63, 3.8) is 0 Å². The van der Waals surface area contributed by atoms with E-state index in [4.69, 9.17) is 0 Å². The van der Waals surface area contributed by atoms with Gasteiger partial charge in [-0.25, -0.2) is 0 Å². The molecule has 33 heavy (non-hydrogen) atoms. The maximum absolute atomic E-state index is 13.1. The van der Waals surface area contributed by atoms with Gasteiger partial charge in [0.1, 0.15) is 5.50 Å². The molecule has 1 heterocycles. The summed E-state index contributed by atoms with van der Waals surface area (Å²) in [6, 6.07) is 13.7. The third kappa shape index (κ3) is 7.79. The van der Waals surface area contributed by atoms with E-state index < -0.39 is 29.2 Å². The van der Waals surface area contributed by atoms with Crippen molar-refractivity contribution in [2.24, 2.45) is 0 Å². The number of hydrogen-bond donors (Lipinski definition) is 4. The van der Waals surface area contributed by atoms with Gasteiger partial charge >= 0.3 is 6.18 Å². The fourth-order valence-electron chi connectivity index (χ4n) is 3.24. The number of thioether (sulfide) groups is 1. The molecule has 1 saturated heterocycles. The zero-order valence-electron chi connectivity index (χ0n) is 17.4. The lowest BCUT2D eigenvalue weighted by Gasteiger charge is -2.30. The van der Waals surface area contributed by atoms with Crippen LogP contribution in [0.1, 0.15) is 24.0 Å². The summed E-state index contributed by atoms with van der Waals surface area (Å²) >= 11 is 1.01. The number of halogens is 3. The van der Waals surface area contributed by atoms with E-state index in [9.17, 15) is 27.6 Å². The first-order valence-corrected chi connectivity index (χ1v) is 11.2. The topological polar surface area (TPSA) is 99.3 Å². The Balaban J connectivity index is 1.47. The lowest BCUT2D eigenvalue weighted by atomic mass is 10.1. The van der Waals surface area contributed by atoms with Crippen molar-refractivity contribution in [2.45, 2.75) is 37.1 Å². The average Bonchev–Trinajstić information content (AvgIpc) is 2.76. The Hall–Kier alpha value is -3.05. The summed E-state index contributed by atoms with van der Waals surface area (Å²) < 4.78 is 39.2. The van der Waals surface area contributed by atoms with Gasteiger partial charge in [-0.2, -0.15) is 13.2 Å². The van der Waals surface area contributed by atoms with Crippen molar-refractivity contribution in [2.75, 3.05) is 11.1 Å². The highest BCUT2D eigenvalue weighted by molar-refractivity contribution is 8.00. The number of nitrogens with one attached hydrogen (secondary N) is 4. The number of anilines is 1. The number of benzene rings is 2. The molecule has 11 heteroatoms. The van der Waals surface area contributed by atoms with Crippen molar-refractivity contribution in [3.05, 3.63) is 65.7 Å². The standard InChI is InChI=1S/C22H23F3N4O3S/c23-22(24,25)16-8-4-5-9-17(16)28-20(32)13-33-21-27-15(11-19(31)29-21)10-18(30)26-12-14-6-2-1-3-7-14/h1-9,15,21,27H,10-13H2,(H,26,30)(H,28,32)(H,29,31). The molecule has 2 atom stereocenters. The Bertz CT molecular complexity index is 988. The summed E-state index contributed by atoms with van der Waals surface area (Å²) in [4.78, 5) is 36.4. The van der Waals surface area contributed by atoms with Crippen LogP contribution in [-0.2, 0) is 27.1 Å². The van der Waals surface area contributed by atoms with Gasteiger partial charge in [0.2, 0.25) is 17.7 Å². The van der Waals surface area contributed by atoms with Gasteiger partial charge in [-0.1, -0.05) is 42.5 Å². The fourth-order valence-corrected chi connectivity index (χ4v) is 4.14. The Kier molecular flexibility index (Phi) is 8.34. The van der Waals surface area contributed by atoms with E-state index in [0.717, 1.165) is 23.4 Å². The van der Waals surface area contributed by atoms with Gasteiger partial charge in [0.05, 0.1) is 17.0 Å². The summed E-state index contributed by atoms with van der Waals surface area (Å²) in [6.07, 6.45) is -4.42. The lowest BCUT2D eigenvalue weighted by molar-refractivity contribution is -0.137. The van der Waals surface area contributed by atoms with Gasteiger partial charge in [0.25, 0.3) is 0 Å². The number of rotatable bonds is 8. The molecule has 7 nitrogen and oxygen atoms in total. The minimum Gasteiger partial charge on any atom is -0.352 e. The SMILES string of the molecule is O=C(CC1CC(=O)NC(SCC(=O)Nc2ccccc2C(F)(F)F)N1)NCc1ccccc1. The highest BCUT2D eigenvalue weighted by Gasteiger charge is 2.34. The van der Waals surface area contributed by atoms with Crippen LogP contribution in [0.25, 0.3) is 0 Å². The van der Waals surface area contributed by atoms with Gasteiger partial charge in [-0.05, 0) is 17.7 Å². The quantitative estimate of drug-likeness (QED) is 0.466. The van der Waals surface area contributed by atoms with Gasteiger partial charge in [0, 0.05) is 25.4 Å². The normalized spacial score (nSPS) is 18.3. The van der Waals surface area contributed by atoms with E-state index in [1.54, 1.807) is 0 Å². The molecule has 176 valence electrons. The number of alkyl halides is 3. The summed E-state index contributed by atoms with van der Waals surface area (Å²) in [7, 11) is 0. The monoisotopic (exact) mass is 480 g/mol. The zero-order valence-corrected chi connectivity index (χ0v) is 18.3. The second kappa shape index (κ2) is 11.2. The molecule has 3 amide bonds. The van der Waals surface area contributed by atoms with Crippen molar-refractivity contribution >= 4 is 35.2 Å². The minimum atomic E-state index is -4.59. The second-order valence-electron chi connectivity index (χ2n) is 7.38.